The molecule has 0 aromatic heterocycles. The Kier molecular flexibility index (Phi) is 1.38. The van der Waals surface area contributed by atoms with E-state index in [9.17, 15) is 9.59 Å². The lowest BCUT2D eigenvalue weighted by Gasteiger charge is -2.54. The fraction of sp³-hybridized carbons (Fsp3) is 0.625. The van der Waals surface area contributed by atoms with Gasteiger partial charge in [-0.05, 0) is 49.4 Å². The van der Waals surface area contributed by atoms with Crippen molar-refractivity contribution in [2.75, 3.05) is 0 Å². The molecule has 0 aromatic rings. The molecule has 4 atom stereocenters. The van der Waals surface area contributed by atoms with E-state index in [-0.39, 0.29) is 11.8 Å². The van der Waals surface area contributed by atoms with Crippen molar-refractivity contribution in [3.8, 4) is 0 Å². The Morgan fingerprint density at radius 3 is 1.50 bits per heavy atom. The summed E-state index contributed by atoms with van der Waals surface area (Å²) in [6, 6.07) is 0. The minimum atomic E-state index is -0.572. The Labute approximate surface area is 106 Å². The van der Waals surface area contributed by atoms with Crippen molar-refractivity contribution in [2.24, 2.45) is 34.5 Å². The van der Waals surface area contributed by atoms with E-state index in [4.69, 9.17) is 0 Å². The van der Waals surface area contributed by atoms with Crippen LogP contribution in [0, 0.1) is 34.5 Å². The van der Waals surface area contributed by atoms with Gasteiger partial charge in [-0.25, -0.2) is 0 Å². The molecule has 92 valence electrons. The van der Waals surface area contributed by atoms with Crippen molar-refractivity contribution in [1.29, 1.82) is 0 Å². The highest BCUT2D eigenvalue weighted by Crippen LogP contribution is 2.70. The average Bonchev–Trinajstić information content (AvgIpc) is 3.14. The molecule has 3 saturated carbocycles. The van der Waals surface area contributed by atoms with E-state index < -0.39 is 10.8 Å². The van der Waals surface area contributed by atoms with Crippen molar-refractivity contribution in [2.45, 2.75) is 25.7 Å². The van der Waals surface area contributed by atoms with Crippen LogP contribution < -0.4 is 0 Å². The normalized spacial score (nSPS) is 58.4. The molecule has 18 heavy (non-hydrogen) atoms. The van der Waals surface area contributed by atoms with Crippen LogP contribution in [-0.4, -0.2) is 11.6 Å². The van der Waals surface area contributed by atoms with E-state index in [1.807, 2.05) is 0 Å². The Bertz CT molecular complexity index is 491. The maximum absolute atomic E-state index is 12.9. The van der Waals surface area contributed by atoms with Crippen molar-refractivity contribution in [1.82, 2.24) is 0 Å². The summed E-state index contributed by atoms with van der Waals surface area (Å²) in [5.74, 6) is 2.08. The summed E-state index contributed by atoms with van der Waals surface area (Å²) >= 11 is 0. The summed E-state index contributed by atoms with van der Waals surface area (Å²) in [4.78, 5) is 25.8. The first-order valence-electron chi connectivity index (χ1n) is 7.14. The molecule has 2 heteroatoms. The highest BCUT2D eigenvalue weighted by molar-refractivity contribution is 6.32. The largest absolute Gasteiger partial charge is 0.297 e. The van der Waals surface area contributed by atoms with Crippen molar-refractivity contribution in [3.05, 3.63) is 24.3 Å². The van der Waals surface area contributed by atoms with Gasteiger partial charge in [0, 0.05) is 0 Å². The van der Waals surface area contributed by atoms with Gasteiger partial charge in [0.1, 0.15) is 0 Å². The Morgan fingerprint density at radius 1 is 0.778 bits per heavy atom. The van der Waals surface area contributed by atoms with Crippen LogP contribution in [0.3, 0.4) is 0 Å². The summed E-state index contributed by atoms with van der Waals surface area (Å²) in [6.07, 6.45) is 12.4. The monoisotopic (exact) mass is 240 g/mol. The van der Waals surface area contributed by atoms with E-state index >= 15 is 0 Å². The molecule has 0 N–H and O–H groups in total. The SMILES string of the molecule is O=C1C2(C[C@@H]3C=C[C@H]2C3)C(=O)C12C[C@@H]1C=C[C@H]2C1. The molecule has 5 aliphatic rings. The second kappa shape index (κ2) is 2.56. The van der Waals surface area contributed by atoms with Crippen molar-refractivity contribution < 1.29 is 9.59 Å². The molecule has 0 aliphatic heterocycles. The lowest BCUT2D eigenvalue weighted by Crippen LogP contribution is -2.69. The van der Waals surface area contributed by atoms with E-state index in [2.05, 4.69) is 24.3 Å². The number of rotatable bonds is 0. The molecule has 0 unspecified atom stereocenters. The van der Waals surface area contributed by atoms with Crippen LogP contribution in [-0.2, 0) is 9.59 Å². The minimum Gasteiger partial charge on any atom is -0.297 e. The van der Waals surface area contributed by atoms with E-state index in [0.717, 1.165) is 25.7 Å². The first-order chi connectivity index (χ1) is 8.68. The van der Waals surface area contributed by atoms with Gasteiger partial charge in [-0.3, -0.25) is 9.59 Å². The second-order valence-corrected chi connectivity index (χ2v) is 6.98. The standard InChI is InChI=1S/C16H16O2/c17-13-15(7-9-1-3-11(15)5-9)14(18)16(13)8-10-2-4-12(16)6-10/h1-4,9-12H,5-8H2/t9-,10-,11+,12+,15?,16?/m1/s1. The summed E-state index contributed by atoms with van der Waals surface area (Å²) in [5.41, 5.74) is -1.14. The van der Waals surface area contributed by atoms with Crippen molar-refractivity contribution in [3.63, 3.8) is 0 Å². The summed E-state index contributed by atoms with van der Waals surface area (Å²) < 4.78 is 0. The molecular weight excluding hydrogens is 224 g/mol. The maximum atomic E-state index is 12.9. The van der Waals surface area contributed by atoms with Crippen LogP contribution in [0.4, 0.5) is 0 Å². The Hall–Kier alpha value is -1.18. The molecule has 0 heterocycles. The predicted molar refractivity (Wildman–Crippen MR) is 65.6 cm³/mol. The van der Waals surface area contributed by atoms with E-state index in [1.54, 1.807) is 0 Å². The zero-order chi connectivity index (χ0) is 12.1. The van der Waals surface area contributed by atoms with Crippen LogP contribution in [0.1, 0.15) is 25.7 Å². The molecule has 5 aliphatic carbocycles. The topological polar surface area (TPSA) is 34.1 Å². The van der Waals surface area contributed by atoms with Crippen molar-refractivity contribution >= 4 is 11.6 Å². The van der Waals surface area contributed by atoms with Crippen LogP contribution in [0.2, 0.25) is 0 Å². The van der Waals surface area contributed by atoms with Crippen LogP contribution >= 0.6 is 0 Å². The molecule has 0 aromatic carbocycles. The smallest absolute Gasteiger partial charge is 0.161 e. The summed E-state index contributed by atoms with van der Waals surface area (Å²) in [6.45, 7) is 0. The third kappa shape index (κ3) is 0.717. The number of carbonyl (C=O) groups is 2. The third-order valence-electron chi connectivity index (χ3n) is 6.40. The predicted octanol–water partition coefficient (Wildman–Crippen LogP) is 2.30. The number of fused-ring (bicyclic) bond motifs is 6. The molecule has 0 saturated heterocycles. The first kappa shape index (κ1) is 9.71. The fourth-order valence-electron chi connectivity index (χ4n) is 5.70. The van der Waals surface area contributed by atoms with Gasteiger partial charge < -0.3 is 0 Å². The van der Waals surface area contributed by atoms with E-state index in [0.29, 0.717) is 23.4 Å². The minimum absolute atomic E-state index is 0.233. The highest BCUT2D eigenvalue weighted by atomic mass is 16.2. The van der Waals surface area contributed by atoms with Gasteiger partial charge in [-0.1, -0.05) is 24.3 Å². The molecule has 0 amide bonds. The fourth-order valence-corrected chi connectivity index (χ4v) is 5.70. The molecule has 2 nitrogen and oxygen atoms in total. The van der Waals surface area contributed by atoms with Gasteiger partial charge >= 0.3 is 0 Å². The third-order valence-corrected chi connectivity index (χ3v) is 6.40. The van der Waals surface area contributed by atoms with Crippen LogP contribution in [0.5, 0.6) is 0 Å². The zero-order valence-corrected chi connectivity index (χ0v) is 10.3. The second-order valence-electron chi connectivity index (χ2n) is 6.98. The zero-order valence-electron chi connectivity index (χ0n) is 10.3. The van der Waals surface area contributed by atoms with Gasteiger partial charge in [0.05, 0.1) is 10.8 Å². The average molecular weight is 240 g/mol. The number of hydrogen-bond donors (Lipinski definition) is 0. The number of ketones is 2. The molecule has 3 fully saturated rings. The van der Waals surface area contributed by atoms with Gasteiger partial charge in [-0.15, -0.1) is 0 Å². The summed E-state index contributed by atoms with van der Waals surface area (Å²) in [7, 11) is 0. The molecule has 2 spiro atoms. The lowest BCUT2D eigenvalue weighted by molar-refractivity contribution is -0.176. The van der Waals surface area contributed by atoms with Gasteiger partial charge in [0.25, 0.3) is 0 Å². The summed E-state index contributed by atoms with van der Waals surface area (Å²) in [5, 5.41) is 0. The quantitative estimate of drug-likeness (QED) is 0.481. The van der Waals surface area contributed by atoms with Crippen LogP contribution in [0.15, 0.2) is 24.3 Å². The molecule has 0 radical (unpaired) electrons. The lowest BCUT2D eigenvalue weighted by atomic mass is 9.43. The molecule has 4 bridgehead atoms. The molecular formula is C16H16O2. The highest BCUT2D eigenvalue weighted by Gasteiger charge is 2.79. The Morgan fingerprint density at radius 2 is 1.22 bits per heavy atom. The maximum Gasteiger partial charge on any atom is 0.161 e. The van der Waals surface area contributed by atoms with E-state index in [1.165, 1.54) is 0 Å². The Balaban J connectivity index is 1.61. The number of Topliss-reactive ketones (excluding diaryl/α,β-unsaturated/α-hetero) is 2. The van der Waals surface area contributed by atoms with Gasteiger partial charge in [0.2, 0.25) is 0 Å². The van der Waals surface area contributed by atoms with Gasteiger partial charge in [0.15, 0.2) is 11.6 Å². The number of hydrogen-bond acceptors (Lipinski definition) is 2. The first-order valence-corrected chi connectivity index (χ1v) is 7.14. The molecule has 5 rings (SSSR count). The number of allylic oxidation sites excluding steroid dienone is 4. The van der Waals surface area contributed by atoms with Crippen LogP contribution in [0.25, 0.3) is 0 Å². The number of carbonyl (C=O) groups excluding carboxylic acids is 2. The van der Waals surface area contributed by atoms with Gasteiger partial charge in [-0.2, -0.15) is 0 Å².